The fourth-order valence-electron chi connectivity index (χ4n) is 3.64. The average molecular weight is 295 g/mol. The summed E-state index contributed by atoms with van der Waals surface area (Å²) < 4.78 is 16.8. The van der Waals surface area contributed by atoms with Gasteiger partial charge in [0.15, 0.2) is 5.82 Å². The summed E-state index contributed by atoms with van der Waals surface area (Å²) in [5.74, 6) is 0.892. The number of nitrogen functional groups attached to an aromatic ring is 1. The van der Waals surface area contributed by atoms with Gasteiger partial charge in [-0.25, -0.2) is 19.3 Å². The topological polar surface area (TPSA) is 69.6 Å². The van der Waals surface area contributed by atoms with E-state index in [0.717, 1.165) is 37.0 Å². The monoisotopic (exact) mass is 295 g/mol. The minimum absolute atomic E-state index is 0.190. The molecule has 1 saturated carbocycles. The van der Waals surface area contributed by atoms with E-state index in [1.54, 1.807) is 12.3 Å². The third kappa shape index (κ3) is 1.49. The quantitative estimate of drug-likeness (QED) is 0.749. The Labute approximate surface area is 126 Å². The van der Waals surface area contributed by atoms with Crippen molar-refractivity contribution in [3.8, 4) is 11.3 Å². The molecular formula is C16H14FN5. The lowest BCUT2D eigenvalue weighted by atomic mass is 10.1. The number of fused-ring (bicyclic) bond motifs is 4. The Kier molecular flexibility index (Phi) is 2.10. The van der Waals surface area contributed by atoms with Crippen LogP contribution in [0.1, 0.15) is 25.1 Å². The molecule has 3 heterocycles. The van der Waals surface area contributed by atoms with Crippen molar-refractivity contribution in [2.45, 2.75) is 31.2 Å². The van der Waals surface area contributed by atoms with Crippen LogP contribution in [0, 0.1) is 5.82 Å². The molecule has 5 nitrogen and oxygen atoms in total. The van der Waals surface area contributed by atoms with Crippen LogP contribution in [0.15, 0.2) is 24.4 Å². The molecule has 1 aromatic carbocycles. The average Bonchev–Trinajstić information content (AvgIpc) is 3.05. The lowest BCUT2D eigenvalue weighted by Crippen LogP contribution is -2.10. The highest BCUT2D eigenvalue weighted by Crippen LogP contribution is 2.53. The number of hydrogen-bond donors (Lipinski definition) is 1. The second-order valence-corrected chi connectivity index (χ2v) is 6.21. The summed E-state index contributed by atoms with van der Waals surface area (Å²) in [4.78, 5) is 12.6. The molecule has 22 heavy (non-hydrogen) atoms. The van der Waals surface area contributed by atoms with E-state index in [-0.39, 0.29) is 17.3 Å². The maximum Gasteiger partial charge on any atom is 0.220 e. The van der Waals surface area contributed by atoms with Crippen LogP contribution in [0.4, 0.5) is 10.3 Å². The van der Waals surface area contributed by atoms with Crippen LogP contribution in [0.3, 0.4) is 0 Å². The number of nitrogens with two attached hydrogens (primary N) is 1. The fraction of sp³-hybridized carbons (Fsp3) is 0.312. The van der Waals surface area contributed by atoms with Crippen LogP contribution in [0.25, 0.3) is 22.3 Å². The van der Waals surface area contributed by atoms with E-state index < -0.39 is 0 Å². The van der Waals surface area contributed by atoms with Gasteiger partial charge in [0.05, 0.1) is 11.2 Å². The molecule has 1 aliphatic carbocycles. The van der Waals surface area contributed by atoms with E-state index in [4.69, 9.17) is 5.73 Å². The van der Waals surface area contributed by atoms with Crippen molar-refractivity contribution >= 4 is 17.0 Å². The Hall–Kier alpha value is -2.50. The number of hydrogen-bond acceptors (Lipinski definition) is 4. The molecule has 2 N–H and O–H groups in total. The van der Waals surface area contributed by atoms with Gasteiger partial charge in [-0.2, -0.15) is 0 Å². The smallest absolute Gasteiger partial charge is 0.220 e. The minimum atomic E-state index is -0.303. The first-order valence-corrected chi connectivity index (χ1v) is 7.47. The molecule has 2 aromatic heterocycles. The molecule has 0 bridgehead atoms. The Morgan fingerprint density at radius 1 is 1.18 bits per heavy atom. The van der Waals surface area contributed by atoms with Gasteiger partial charge in [-0.05, 0) is 37.5 Å². The predicted molar refractivity (Wildman–Crippen MR) is 80.7 cm³/mol. The largest absolute Gasteiger partial charge is 0.368 e. The van der Waals surface area contributed by atoms with Gasteiger partial charge in [0.25, 0.3) is 0 Å². The highest BCUT2D eigenvalue weighted by molar-refractivity contribution is 5.83. The summed E-state index contributed by atoms with van der Waals surface area (Å²) in [7, 11) is 0. The number of benzene rings is 1. The number of imidazole rings is 1. The van der Waals surface area contributed by atoms with Gasteiger partial charge in [-0.1, -0.05) is 0 Å². The van der Waals surface area contributed by atoms with Gasteiger partial charge >= 0.3 is 0 Å². The Balaban J connectivity index is 1.79. The molecule has 110 valence electrons. The standard InChI is InChI=1S/C16H14FN5/c17-10-7-9(11-2-6-19-15(18)20-11)8-12-14(10)21-13-1-3-16(4-5-16)22(12)13/h2,6-8H,1,3-5H2,(H2,18,19,20). The molecule has 0 atom stereocenters. The Morgan fingerprint density at radius 3 is 2.82 bits per heavy atom. The van der Waals surface area contributed by atoms with Gasteiger partial charge < -0.3 is 10.3 Å². The van der Waals surface area contributed by atoms with Crippen LogP contribution in [-0.2, 0) is 12.0 Å². The molecule has 5 rings (SSSR count). The summed E-state index contributed by atoms with van der Waals surface area (Å²) in [5, 5.41) is 0. The lowest BCUT2D eigenvalue weighted by molar-refractivity contribution is 0.524. The van der Waals surface area contributed by atoms with E-state index in [1.165, 1.54) is 6.07 Å². The second kappa shape index (κ2) is 3.82. The third-order valence-electron chi connectivity index (χ3n) is 4.87. The van der Waals surface area contributed by atoms with Crippen molar-refractivity contribution in [1.29, 1.82) is 0 Å². The number of aryl methyl sites for hydroxylation is 1. The maximum absolute atomic E-state index is 14.5. The summed E-state index contributed by atoms with van der Waals surface area (Å²) in [6.07, 6.45) is 5.97. The molecule has 1 aliphatic heterocycles. The Morgan fingerprint density at radius 2 is 2.05 bits per heavy atom. The number of rotatable bonds is 1. The molecule has 2 aliphatic rings. The normalized spacial score (nSPS) is 18.0. The van der Waals surface area contributed by atoms with E-state index in [0.29, 0.717) is 16.8 Å². The van der Waals surface area contributed by atoms with Crippen LogP contribution in [0.2, 0.25) is 0 Å². The number of nitrogens with zero attached hydrogens (tertiary/aromatic N) is 4. The van der Waals surface area contributed by atoms with Crippen molar-refractivity contribution in [1.82, 2.24) is 19.5 Å². The zero-order chi connectivity index (χ0) is 14.9. The zero-order valence-corrected chi connectivity index (χ0v) is 11.9. The van der Waals surface area contributed by atoms with E-state index in [9.17, 15) is 4.39 Å². The molecule has 1 fully saturated rings. The van der Waals surface area contributed by atoms with Crippen molar-refractivity contribution in [2.24, 2.45) is 0 Å². The number of anilines is 1. The molecule has 0 unspecified atom stereocenters. The highest BCUT2D eigenvalue weighted by atomic mass is 19.1. The van der Waals surface area contributed by atoms with Crippen LogP contribution in [0.5, 0.6) is 0 Å². The van der Waals surface area contributed by atoms with Gasteiger partial charge in [-0.15, -0.1) is 0 Å². The Bertz CT molecular complexity index is 926. The van der Waals surface area contributed by atoms with Crippen LogP contribution in [-0.4, -0.2) is 19.5 Å². The van der Waals surface area contributed by atoms with Crippen molar-refractivity contribution in [3.63, 3.8) is 0 Å². The highest BCUT2D eigenvalue weighted by Gasteiger charge is 2.50. The molecule has 3 aromatic rings. The summed E-state index contributed by atoms with van der Waals surface area (Å²) in [5.41, 5.74) is 8.51. The van der Waals surface area contributed by atoms with E-state index >= 15 is 0 Å². The summed E-state index contributed by atoms with van der Waals surface area (Å²) >= 11 is 0. The number of halogens is 1. The molecule has 0 radical (unpaired) electrons. The van der Waals surface area contributed by atoms with E-state index in [2.05, 4.69) is 19.5 Å². The van der Waals surface area contributed by atoms with Crippen LogP contribution >= 0.6 is 0 Å². The van der Waals surface area contributed by atoms with Gasteiger partial charge in [0.1, 0.15) is 11.3 Å². The van der Waals surface area contributed by atoms with E-state index in [1.807, 2.05) is 6.07 Å². The zero-order valence-electron chi connectivity index (χ0n) is 11.9. The molecule has 1 spiro atoms. The minimum Gasteiger partial charge on any atom is -0.368 e. The molecule has 0 amide bonds. The van der Waals surface area contributed by atoms with Crippen molar-refractivity contribution in [3.05, 3.63) is 36.0 Å². The van der Waals surface area contributed by atoms with Crippen molar-refractivity contribution in [2.75, 3.05) is 5.73 Å². The van der Waals surface area contributed by atoms with Gasteiger partial charge in [0, 0.05) is 23.7 Å². The predicted octanol–water partition coefficient (Wildman–Crippen LogP) is 2.65. The summed E-state index contributed by atoms with van der Waals surface area (Å²) in [6.45, 7) is 0. The lowest BCUT2D eigenvalue weighted by Gasteiger charge is -2.12. The molecular weight excluding hydrogens is 281 g/mol. The second-order valence-electron chi connectivity index (χ2n) is 6.21. The first-order valence-electron chi connectivity index (χ1n) is 7.47. The maximum atomic E-state index is 14.5. The number of aromatic nitrogens is 4. The molecule has 0 saturated heterocycles. The van der Waals surface area contributed by atoms with Gasteiger partial charge in [-0.3, -0.25) is 0 Å². The van der Waals surface area contributed by atoms with Crippen molar-refractivity contribution < 1.29 is 4.39 Å². The first kappa shape index (κ1) is 12.1. The molecule has 6 heteroatoms. The SMILES string of the molecule is Nc1nccc(-c2cc(F)c3nc4n(c3c2)C2(CC4)CC2)n1. The van der Waals surface area contributed by atoms with Gasteiger partial charge in [0.2, 0.25) is 5.95 Å². The fourth-order valence-corrected chi connectivity index (χ4v) is 3.64. The third-order valence-corrected chi connectivity index (χ3v) is 4.87. The first-order chi connectivity index (χ1) is 10.7. The van der Waals surface area contributed by atoms with Crippen LogP contribution < -0.4 is 5.73 Å². The summed E-state index contributed by atoms with van der Waals surface area (Å²) in [6, 6.07) is 5.19.